The highest BCUT2D eigenvalue weighted by molar-refractivity contribution is 6.00. The molecular weight excluding hydrogens is 254 g/mol. The second-order valence-corrected chi connectivity index (χ2v) is 4.94. The first-order valence-electron chi connectivity index (χ1n) is 6.49. The predicted octanol–water partition coefficient (Wildman–Crippen LogP) is 1.66. The molecule has 5 nitrogen and oxygen atoms in total. The van der Waals surface area contributed by atoms with E-state index >= 15 is 0 Å². The van der Waals surface area contributed by atoms with Crippen molar-refractivity contribution in [2.24, 2.45) is 0 Å². The molecule has 0 heterocycles. The topological polar surface area (TPSA) is 67.6 Å². The maximum absolute atomic E-state index is 12.2. The summed E-state index contributed by atoms with van der Waals surface area (Å²) in [6.07, 6.45) is 0. The van der Waals surface area contributed by atoms with Crippen LogP contribution in [0.3, 0.4) is 0 Å². The molecule has 0 aliphatic carbocycles. The Bertz CT molecular complexity index is 484. The number of nitrogens with one attached hydrogen (secondary N) is 1. The molecule has 0 aliphatic heterocycles. The average molecular weight is 277 g/mol. The van der Waals surface area contributed by atoms with Crippen LogP contribution in [0.5, 0.6) is 0 Å². The highest BCUT2D eigenvalue weighted by Crippen LogP contribution is 2.21. The van der Waals surface area contributed by atoms with Crippen LogP contribution in [0.15, 0.2) is 30.4 Å². The van der Waals surface area contributed by atoms with Crippen molar-refractivity contribution in [2.45, 2.75) is 6.92 Å². The van der Waals surface area contributed by atoms with Gasteiger partial charge in [-0.05, 0) is 25.1 Å². The molecule has 0 saturated heterocycles. The van der Waals surface area contributed by atoms with E-state index in [1.807, 2.05) is 32.0 Å². The fourth-order valence-corrected chi connectivity index (χ4v) is 1.70. The lowest BCUT2D eigenvalue weighted by Gasteiger charge is -2.17. The number of rotatable bonds is 7. The van der Waals surface area contributed by atoms with E-state index in [0.717, 1.165) is 11.3 Å². The van der Waals surface area contributed by atoms with E-state index in [9.17, 15) is 4.79 Å². The summed E-state index contributed by atoms with van der Waals surface area (Å²) in [5.41, 5.74) is 8.67. The third-order valence-corrected chi connectivity index (χ3v) is 2.63. The van der Waals surface area contributed by atoms with Crippen molar-refractivity contribution in [3.63, 3.8) is 0 Å². The SMILES string of the molecule is C=C(C)COCCNC(=O)c1cc(N)ccc1N(C)C. The standard InChI is InChI=1S/C15H23N3O2/c1-11(2)10-20-8-7-17-15(19)13-9-12(16)5-6-14(13)18(3)4/h5-6,9H,1,7-8,10,16H2,2-4H3,(H,17,19). The number of amides is 1. The fraction of sp³-hybridized carbons (Fsp3) is 0.400. The average Bonchev–Trinajstić information content (AvgIpc) is 2.37. The number of nitrogen functional groups attached to an aromatic ring is 1. The Kier molecular flexibility index (Phi) is 6.06. The molecule has 1 amide bonds. The minimum Gasteiger partial charge on any atom is -0.399 e. The first kappa shape index (κ1) is 16.0. The summed E-state index contributed by atoms with van der Waals surface area (Å²) in [5, 5.41) is 2.82. The van der Waals surface area contributed by atoms with E-state index in [1.165, 1.54) is 0 Å². The van der Waals surface area contributed by atoms with Gasteiger partial charge >= 0.3 is 0 Å². The maximum atomic E-state index is 12.2. The fourth-order valence-electron chi connectivity index (χ4n) is 1.70. The lowest BCUT2D eigenvalue weighted by atomic mass is 10.1. The molecule has 1 aromatic rings. The van der Waals surface area contributed by atoms with Crippen LogP contribution in [0.2, 0.25) is 0 Å². The minimum atomic E-state index is -0.153. The van der Waals surface area contributed by atoms with Crippen LogP contribution >= 0.6 is 0 Å². The minimum absolute atomic E-state index is 0.153. The first-order valence-corrected chi connectivity index (χ1v) is 6.49. The van der Waals surface area contributed by atoms with Crippen molar-refractivity contribution in [1.29, 1.82) is 0 Å². The van der Waals surface area contributed by atoms with Crippen LogP contribution in [-0.4, -0.2) is 39.8 Å². The van der Waals surface area contributed by atoms with Gasteiger partial charge in [-0.3, -0.25) is 4.79 Å². The molecule has 0 fully saturated rings. The quantitative estimate of drug-likeness (QED) is 0.452. The smallest absolute Gasteiger partial charge is 0.253 e. The second kappa shape index (κ2) is 7.55. The third kappa shape index (κ3) is 4.93. The molecule has 0 aromatic heterocycles. The van der Waals surface area contributed by atoms with Crippen LogP contribution in [0, 0.1) is 0 Å². The van der Waals surface area contributed by atoms with Gasteiger partial charge in [-0.2, -0.15) is 0 Å². The van der Waals surface area contributed by atoms with E-state index in [4.69, 9.17) is 10.5 Å². The Labute approximate surface area is 120 Å². The van der Waals surface area contributed by atoms with Gasteiger partial charge in [-0.25, -0.2) is 0 Å². The van der Waals surface area contributed by atoms with Crippen molar-refractivity contribution in [3.05, 3.63) is 35.9 Å². The number of hydrogen-bond acceptors (Lipinski definition) is 4. The molecule has 0 atom stereocenters. The highest BCUT2D eigenvalue weighted by Gasteiger charge is 2.12. The first-order chi connectivity index (χ1) is 9.41. The van der Waals surface area contributed by atoms with E-state index in [-0.39, 0.29) is 5.91 Å². The summed E-state index contributed by atoms with van der Waals surface area (Å²) >= 11 is 0. The van der Waals surface area contributed by atoms with Crippen LogP contribution in [0.4, 0.5) is 11.4 Å². The van der Waals surface area contributed by atoms with Gasteiger partial charge in [0.1, 0.15) is 0 Å². The van der Waals surface area contributed by atoms with Crippen molar-refractivity contribution < 1.29 is 9.53 Å². The Morgan fingerprint density at radius 2 is 2.15 bits per heavy atom. The summed E-state index contributed by atoms with van der Waals surface area (Å²) in [4.78, 5) is 14.0. The van der Waals surface area contributed by atoms with Crippen molar-refractivity contribution in [1.82, 2.24) is 5.32 Å². The molecule has 110 valence electrons. The molecule has 3 N–H and O–H groups in total. The van der Waals surface area contributed by atoms with Gasteiger partial charge < -0.3 is 20.7 Å². The highest BCUT2D eigenvalue weighted by atomic mass is 16.5. The maximum Gasteiger partial charge on any atom is 0.253 e. The van der Waals surface area contributed by atoms with Gasteiger partial charge in [-0.15, -0.1) is 0 Å². The Balaban J connectivity index is 2.58. The predicted molar refractivity (Wildman–Crippen MR) is 83.1 cm³/mol. The van der Waals surface area contributed by atoms with Gasteiger partial charge in [0.15, 0.2) is 0 Å². The van der Waals surface area contributed by atoms with Crippen LogP contribution < -0.4 is 16.0 Å². The zero-order valence-electron chi connectivity index (χ0n) is 12.4. The molecule has 20 heavy (non-hydrogen) atoms. The van der Waals surface area contributed by atoms with Gasteiger partial charge in [-0.1, -0.05) is 12.2 Å². The van der Waals surface area contributed by atoms with Gasteiger partial charge in [0.2, 0.25) is 0 Å². The lowest BCUT2D eigenvalue weighted by Crippen LogP contribution is -2.29. The van der Waals surface area contributed by atoms with E-state index in [0.29, 0.717) is 31.0 Å². The zero-order chi connectivity index (χ0) is 15.1. The molecule has 0 unspecified atom stereocenters. The second-order valence-electron chi connectivity index (χ2n) is 4.94. The van der Waals surface area contributed by atoms with Crippen molar-refractivity contribution in [2.75, 3.05) is 44.5 Å². The molecule has 1 aromatic carbocycles. The summed E-state index contributed by atoms with van der Waals surface area (Å²) in [6, 6.07) is 5.29. The number of ether oxygens (including phenoxy) is 1. The molecule has 1 rings (SSSR count). The van der Waals surface area contributed by atoms with Crippen molar-refractivity contribution >= 4 is 17.3 Å². The number of nitrogens with zero attached hydrogens (tertiary/aromatic N) is 1. The lowest BCUT2D eigenvalue weighted by molar-refractivity contribution is 0.0927. The monoisotopic (exact) mass is 277 g/mol. The van der Waals surface area contributed by atoms with Crippen LogP contribution in [0.25, 0.3) is 0 Å². The molecule has 0 saturated carbocycles. The normalized spacial score (nSPS) is 10.2. The summed E-state index contributed by atoms with van der Waals surface area (Å²) in [6.45, 7) is 7.06. The van der Waals surface area contributed by atoms with Crippen LogP contribution in [-0.2, 0) is 4.74 Å². The third-order valence-electron chi connectivity index (χ3n) is 2.63. The van der Waals surface area contributed by atoms with E-state index in [1.54, 1.807) is 12.1 Å². The van der Waals surface area contributed by atoms with Gasteiger partial charge in [0, 0.05) is 32.0 Å². The van der Waals surface area contributed by atoms with Gasteiger partial charge in [0.05, 0.1) is 18.8 Å². The van der Waals surface area contributed by atoms with E-state index in [2.05, 4.69) is 11.9 Å². The molecule has 5 heteroatoms. The molecule has 0 aliphatic rings. The number of carbonyl (C=O) groups excluding carboxylic acids is 1. The number of anilines is 2. The summed E-state index contributed by atoms with van der Waals surface area (Å²) < 4.78 is 5.33. The largest absolute Gasteiger partial charge is 0.399 e. The van der Waals surface area contributed by atoms with Gasteiger partial charge in [0.25, 0.3) is 5.91 Å². The van der Waals surface area contributed by atoms with E-state index < -0.39 is 0 Å². The van der Waals surface area contributed by atoms with Crippen molar-refractivity contribution in [3.8, 4) is 0 Å². The Morgan fingerprint density at radius 1 is 1.45 bits per heavy atom. The zero-order valence-corrected chi connectivity index (χ0v) is 12.4. The molecular formula is C15H23N3O2. The summed E-state index contributed by atoms with van der Waals surface area (Å²) in [7, 11) is 3.77. The molecule has 0 radical (unpaired) electrons. The number of nitrogens with two attached hydrogens (primary N) is 1. The molecule has 0 bridgehead atoms. The Morgan fingerprint density at radius 3 is 2.75 bits per heavy atom. The number of hydrogen-bond donors (Lipinski definition) is 2. The Hall–Kier alpha value is -2.01. The number of benzene rings is 1. The summed E-state index contributed by atoms with van der Waals surface area (Å²) in [5.74, 6) is -0.153. The molecule has 0 spiro atoms. The number of carbonyl (C=O) groups is 1. The van der Waals surface area contributed by atoms with Crippen LogP contribution in [0.1, 0.15) is 17.3 Å².